The van der Waals surface area contributed by atoms with E-state index in [1.807, 2.05) is 37.3 Å². The lowest BCUT2D eigenvalue weighted by molar-refractivity contribution is -0.137. The number of hydrogen-bond donors (Lipinski definition) is 1. The molecule has 0 atom stereocenters. The van der Waals surface area contributed by atoms with Crippen LogP contribution in [0.15, 0.2) is 65.6 Å². The number of rotatable bonds is 8. The van der Waals surface area contributed by atoms with Crippen LogP contribution in [0.25, 0.3) is 0 Å². The van der Waals surface area contributed by atoms with E-state index in [0.717, 1.165) is 33.6 Å². The van der Waals surface area contributed by atoms with Crippen molar-refractivity contribution in [2.24, 2.45) is 0 Å². The van der Waals surface area contributed by atoms with Crippen LogP contribution in [0.2, 0.25) is 5.02 Å². The zero-order valence-electron chi connectivity index (χ0n) is 20.0. The number of sulfonamides is 1. The van der Waals surface area contributed by atoms with Crippen LogP contribution >= 0.6 is 11.6 Å². The highest BCUT2D eigenvalue weighted by atomic mass is 35.5. The molecule has 0 saturated heterocycles. The maximum absolute atomic E-state index is 13.7. The van der Waals surface area contributed by atoms with Crippen molar-refractivity contribution >= 4 is 33.2 Å². The minimum absolute atomic E-state index is 0.0111. The fourth-order valence-corrected chi connectivity index (χ4v) is 6.01. The van der Waals surface area contributed by atoms with Gasteiger partial charge in [0, 0.05) is 6.54 Å². The van der Waals surface area contributed by atoms with Gasteiger partial charge in [0.2, 0.25) is 15.9 Å². The van der Waals surface area contributed by atoms with E-state index in [-0.39, 0.29) is 22.2 Å². The Morgan fingerprint density at radius 1 is 0.972 bits per heavy atom. The molecule has 0 unspecified atom stereocenters. The Kier molecular flexibility index (Phi) is 8.48. The lowest BCUT2D eigenvalue weighted by Gasteiger charge is -2.24. The number of carbonyl (C=O) groups is 1. The van der Waals surface area contributed by atoms with Gasteiger partial charge in [0.25, 0.3) is 0 Å². The second-order valence-electron chi connectivity index (χ2n) is 8.54. The standard InChI is InChI=1S/C26H26ClF3N2O3S/c1-17-13-18(2)25(19(3)14-17)36(34,35)32(12-11-20-7-5-4-6-8-20)16-24(33)31-23-15-21(26(28,29)30)9-10-22(23)27/h4-10,13-15H,11-12,16H2,1-3H3,(H,31,33). The van der Waals surface area contributed by atoms with Crippen molar-refractivity contribution in [3.63, 3.8) is 0 Å². The molecule has 0 aliphatic carbocycles. The summed E-state index contributed by atoms with van der Waals surface area (Å²) in [7, 11) is -4.12. The number of anilines is 1. The van der Waals surface area contributed by atoms with E-state index in [9.17, 15) is 26.4 Å². The van der Waals surface area contributed by atoms with Gasteiger partial charge in [-0.3, -0.25) is 4.79 Å². The minimum atomic E-state index is -4.63. The number of carbonyl (C=O) groups excluding carboxylic acids is 1. The minimum Gasteiger partial charge on any atom is -0.324 e. The van der Waals surface area contributed by atoms with E-state index in [0.29, 0.717) is 17.5 Å². The molecule has 0 saturated carbocycles. The molecular weight excluding hydrogens is 513 g/mol. The summed E-state index contributed by atoms with van der Waals surface area (Å²) in [5.41, 5.74) is 1.62. The second-order valence-corrected chi connectivity index (χ2v) is 10.8. The van der Waals surface area contributed by atoms with Crippen LogP contribution in [0.1, 0.15) is 27.8 Å². The number of nitrogens with one attached hydrogen (secondary N) is 1. The first kappa shape index (κ1) is 27.7. The summed E-state index contributed by atoms with van der Waals surface area (Å²) >= 11 is 6.00. The van der Waals surface area contributed by atoms with Gasteiger partial charge in [-0.05, 0) is 62.1 Å². The topological polar surface area (TPSA) is 66.5 Å². The Hall–Kier alpha value is -2.88. The molecular formula is C26H26ClF3N2O3S. The molecule has 0 bridgehead atoms. The van der Waals surface area contributed by atoms with Crippen molar-refractivity contribution in [2.45, 2.75) is 38.3 Å². The third-order valence-electron chi connectivity index (χ3n) is 5.58. The van der Waals surface area contributed by atoms with Crippen LogP contribution in [0.4, 0.5) is 18.9 Å². The van der Waals surface area contributed by atoms with Crippen molar-refractivity contribution in [3.05, 3.63) is 93.5 Å². The van der Waals surface area contributed by atoms with E-state index in [4.69, 9.17) is 11.6 Å². The fourth-order valence-electron chi connectivity index (χ4n) is 4.03. The van der Waals surface area contributed by atoms with Gasteiger partial charge >= 0.3 is 6.18 Å². The number of halogens is 4. The average molecular weight is 539 g/mol. The molecule has 0 aliphatic heterocycles. The van der Waals surface area contributed by atoms with Gasteiger partial charge in [0.05, 0.1) is 27.7 Å². The SMILES string of the molecule is Cc1cc(C)c(S(=O)(=O)N(CCc2ccccc2)CC(=O)Nc2cc(C(F)(F)F)ccc2Cl)c(C)c1. The second kappa shape index (κ2) is 11.0. The van der Waals surface area contributed by atoms with Crippen LogP contribution in [0, 0.1) is 20.8 Å². The highest BCUT2D eigenvalue weighted by Gasteiger charge is 2.32. The molecule has 0 aromatic heterocycles. The molecule has 1 N–H and O–H groups in total. The highest BCUT2D eigenvalue weighted by Crippen LogP contribution is 2.34. The zero-order chi connectivity index (χ0) is 26.7. The quantitative estimate of drug-likeness (QED) is 0.374. The highest BCUT2D eigenvalue weighted by molar-refractivity contribution is 7.89. The lowest BCUT2D eigenvalue weighted by atomic mass is 10.1. The molecule has 3 aromatic rings. The van der Waals surface area contributed by atoms with Gasteiger partial charge in [0.15, 0.2) is 0 Å². The van der Waals surface area contributed by atoms with E-state index >= 15 is 0 Å². The summed E-state index contributed by atoms with van der Waals surface area (Å²) in [5.74, 6) is -0.810. The van der Waals surface area contributed by atoms with E-state index < -0.39 is 34.2 Å². The van der Waals surface area contributed by atoms with Crippen molar-refractivity contribution < 1.29 is 26.4 Å². The Morgan fingerprint density at radius 3 is 2.17 bits per heavy atom. The summed E-state index contributed by atoms with van der Waals surface area (Å²) in [6.07, 6.45) is -4.29. The van der Waals surface area contributed by atoms with Crippen LogP contribution in [0.3, 0.4) is 0 Å². The third kappa shape index (κ3) is 6.66. The largest absolute Gasteiger partial charge is 0.416 e. The van der Waals surface area contributed by atoms with Crippen molar-refractivity contribution in [1.29, 1.82) is 0 Å². The molecule has 0 spiro atoms. The smallest absolute Gasteiger partial charge is 0.324 e. The average Bonchev–Trinajstić information content (AvgIpc) is 2.77. The first-order valence-electron chi connectivity index (χ1n) is 11.1. The Bertz CT molecular complexity index is 1340. The summed E-state index contributed by atoms with van der Waals surface area (Å²) in [6, 6.07) is 15.2. The fraction of sp³-hybridized carbons (Fsp3) is 0.269. The van der Waals surface area contributed by atoms with Crippen LogP contribution in [-0.4, -0.2) is 31.7 Å². The molecule has 5 nitrogen and oxygen atoms in total. The normalized spacial score (nSPS) is 12.1. The van der Waals surface area contributed by atoms with Gasteiger partial charge in [-0.2, -0.15) is 17.5 Å². The van der Waals surface area contributed by atoms with Gasteiger partial charge in [-0.15, -0.1) is 0 Å². The Balaban J connectivity index is 1.92. The zero-order valence-corrected chi connectivity index (χ0v) is 21.6. The number of alkyl halides is 3. The summed E-state index contributed by atoms with van der Waals surface area (Å²) in [6.45, 7) is 4.61. The first-order valence-corrected chi connectivity index (χ1v) is 12.9. The maximum Gasteiger partial charge on any atom is 0.416 e. The van der Waals surface area contributed by atoms with Gasteiger partial charge in [0.1, 0.15) is 0 Å². The van der Waals surface area contributed by atoms with Crippen LogP contribution < -0.4 is 5.32 Å². The number of nitrogens with zero attached hydrogens (tertiary/aromatic N) is 1. The van der Waals surface area contributed by atoms with Crippen molar-refractivity contribution in [1.82, 2.24) is 4.31 Å². The molecule has 10 heteroatoms. The molecule has 0 aliphatic rings. The summed E-state index contributed by atoms with van der Waals surface area (Å²) in [5, 5.41) is 2.24. The number of hydrogen-bond acceptors (Lipinski definition) is 3. The van der Waals surface area contributed by atoms with Crippen LogP contribution in [0.5, 0.6) is 0 Å². The summed E-state index contributed by atoms with van der Waals surface area (Å²) in [4.78, 5) is 13.0. The number of benzene rings is 3. The molecule has 0 heterocycles. The Morgan fingerprint density at radius 2 is 1.58 bits per heavy atom. The number of amides is 1. The molecule has 3 aromatic carbocycles. The van der Waals surface area contributed by atoms with Crippen molar-refractivity contribution in [3.8, 4) is 0 Å². The third-order valence-corrected chi connectivity index (χ3v) is 8.06. The van der Waals surface area contributed by atoms with E-state index in [2.05, 4.69) is 5.32 Å². The molecule has 36 heavy (non-hydrogen) atoms. The predicted octanol–water partition coefficient (Wildman–Crippen LogP) is 6.16. The van der Waals surface area contributed by atoms with E-state index in [1.54, 1.807) is 26.0 Å². The Labute approximate surface area is 213 Å². The monoisotopic (exact) mass is 538 g/mol. The van der Waals surface area contributed by atoms with Gasteiger partial charge in [-0.25, -0.2) is 8.42 Å². The molecule has 0 radical (unpaired) electrons. The maximum atomic E-state index is 13.7. The van der Waals surface area contributed by atoms with Gasteiger partial charge in [-0.1, -0.05) is 59.6 Å². The lowest BCUT2D eigenvalue weighted by Crippen LogP contribution is -2.40. The summed E-state index contributed by atoms with van der Waals surface area (Å²) < 4.78 is 67.8. The van der Waals surface area contributed by atoms with Crippen LogP contribution in [-0.2, 0) is 27.4 Å². The molecule has 0 fully saturated rings. The first-order chi connectivity index (χ1) is 16.8. The predicted molar refractivity (Wildman–Crippen MR) is 135 cm³/mol. The van der Waals surface area contributed by atoms with E-state index in [1.165, 1.54) is 0 Å². The molecule has 192 valence electrons. The molecule has 3 rings (SSSR count). The molecule has 1 amide bonds. The number of aryl methyl sites for hydroxylation is 3. The van der Waals surface area contributed by atoms with Crippen molar-refractivity contribution in [2.75, 3.05) is 18.4 Å². The van der Waals surface area contributed by atoms with Gasteiger partial charge < -0.3 is 5.32 Å².